The van der Waals surface area contributed by atoms with E-state index in [2.05, 4.69) is 5.32 Å². The number of carbonyl (C=O) groups excluding carboxylic acids is 3. The van der Waals surface area contributed by atoms with Gasteiger partial charge >= 0.3 is 5.97 Å². The average molecular weight is 415 g/mol. The molecule has 154 valence electrons. The number of hydrogen-bond donors (Lipinski definition) is 1. The first-order valence-electron chi connectivity index (χ1n) is 9.74. The molecule has 2 heterocycles. The molecule has 0 saturated carbocycles. The lowest BCUT2D eigenvalue weighted by Gasteiger charge is -2.32. The van der Waals surface area contributed by atoms with Crippen LogP contribution in [0.1, 0.15) is 46.1 Å². The second-order valence-electron chi connectivity index (χ2n) is 7.30. The van der Waals surface area contributed by atoms with E-state index in [4.69, 9.17) is 4.74 Å². The van der Waals surface area contributed by atoms with Crippen LogP contribution in [0.4, 0.5) is 0 Å². The standard InChI is InChI=1S/C22H26N2O4S/c1-15-5-7-16(8-6-15)18(14-20(25)28-2)23-21(26)17-9-11-24(12-10-17)22(27)19-4-3-13-29-19/h3-8,13,17-18H,9-12,14H2,1-2H3,(H,23,26)/t18-/m1/s1. The third kappa shape index (κ3) is 5.44. The average Bonchev–Trinajstić information content (AvgIpc) is 3.28. The van der Waals surface area contributed by atoms with Crippen LogP contribution in [-0.2, 0) is 14.3 Å². The van der Waals surface area contributed by atoms with Crippen molar-refractivity contribution >= 4 is 29.1 Å². The number of hydrogen-bond acceptors (Lipinski definition) is 5. The van der Waals surface area contributed by atoms with Crippen molar-refractivity contribution < 1.29 is 19.1 Å². The number of amides is 2. The third-order valence-electron chi connectivity index (χ3n) is 5.28. The van der Waals surface area contributed by atoms with Crippen molar-refractivity contribution in [1.29, 1.82) is 0 Å². The van der Waals surface area contributed by atoms with Gasteiger partial charge in [-0.2, -0.15) is 0 Å². The molecule has 29 heavy (non-hydrogen) atoms. The van der Waals surface area contributed by atoms with Crippen LogP contribution in [0.2, 0.25) is 0 Å². The van der Waals surface area contributed by atoms with Crippen molar-refractivity contribution in [2.75, 3.05) is 20.2 Å². The van der Waals surface area contributed by atoms with Crippen LogP contribution in [0.25, 0.3) is 0 Å². The van der Waals surface area contributed by atoms with Gasteiger partial charge in [-0.1, -0.05) is 35.9 Å². The van der Waals surface area contributed by atoms with Crippen molar-refractivity contribution in [3.8, 4) is 0 Å². The number of aryl methyl sites for hydroxylation is 1. The van der Waals surface area contributed by atoms with E-state index in [0.29, 0.717) is 25.9 Å². The van der Waals surface area contributed by atoms with E-state index in [-0.39, 0.29) is 30.1 Å². The number of rotatable bonds is 6. The number of thiophene rings is 1. The zero-order valence-corrected chi connectivity index (χ0v) is 17.5. The van der Waals surface area contributed by atoms with Gasteiger partial charge in [0, 0.05) is 19.0 Å². The summed E-state index contributed by atoms with van der Waals surface area (Å²) in [6.45, 7) is 3.10. The monoisotopic (exact) mass is 414 g/mol. The van der Waals surface area contributed by atoms with E-state index in [0.717, 1.165) is 16.0 Å². The molecule has 2 aromatic rings. The van der Waals surface area contributed by atoms with Crippen LogP contribution < -0.4 is 5.32 Å². The Labute approximate surface area is 174 Å². The number of methoxy groups -OCH3 is 1. The molecule has 1 aliphatic heterocycles. The molecular weight excluding hydrogens is 388 g/mol. The molecule has 1 atom stereocenters. The second kappa shape index (κ2) is 9.69. The van der Waals surface area contributed by atoms with Gasteiger partial charge in [-0.05, 0) is 36.8 Å². The Bertz CT molecular complexity index is 840. The summed E-state index contributed by atoms with van der Waals surface area (Å²) in [6, 6.07) is 11.0. The molecule has 1 aliphatic rings. The van der Waals surface area contributed by atoms with Crippen LogP contribution in [0, 0.1) is 12.8 Å². The molecule has 1 aromatic carbocycles. The molecule has 1 N–H and O–H groups in total. The van der Waals surface area contributed by atoms with Crippen molar-refractivity contribution in [3.63, 3.8) is 0 Å². The van der Waals surface area contributed by atoms with Crippen molar-refractivity contribution in [3.05, 3.63) is 57.8 Å². The lowest BCUT2D eigenvalue weighted by Crippen LogP contribution is -2.43. The van der Waals surface area contributed by atoms with Gasteiger partial charge in [-0.15, -0.1) is 11.3 Å². The number of esters is 1. The number of piperidine rings is 1. The molecule has 7 heteroatoms. The van der Waals surface area contributed by atoms with Crippen molar-refractivity contribution in [2.45, 2.75) is 32.2 Å². The quantitative estimate of drug-likeness (QED) is 0.736. The minimum absolute atomic E-state index is 0.0297. The highest BCUT2D eigenvalue weighted by Gasteiger charge is 2.30. The zero-order chi connectivity index (χ0) is 20.8. The Morgan fingerprint density at radius 3 is 2.45 bits per heavy atom. The summed E-state index contributed by atoms with van der Waals surface area (Å²) in [5.74, 6) is -0.593. The van der Waals surface area contributed by atoms with E-state index in [1.54, 1.807) is 0 Å². The molecule has 0 unspecified atom stereocenters. The third-order valence-corrected chi connectivity index (χ3v) is 6.14. The maximum Gasteiger partial charge on any atom is 0.307 e. The van der Waals surface area contributed by atoms with Crippen molar-refractivity contribution in [2.24, 2.45) is 5.92 Å². The highest BCUT2D eigenvalue weighted by Crippen LogP contribution is 2.24. The number of ether oxygens (including phenoxy) is 1. The van der Waals surface area contributed by atoms with E-state index in [1.807, 2.05) is 53.6 Å². The summed E-state index contributed by atoms with van der Waals surface area (Å²) in [5, 5.41) is 4.91. The predicted octanol–water partition coefficient (Wildman–Crippen LogP) is 3.33. The van der Waals surface area contributed by atoms with E-state index >= 15 is 0 Å². The SMILES string of the molecule is COC(=O)C[C@@H](NC(=O)C1CCN(C(=O)c2cccs2)CC1)c1ccc(C)cc1. The smallest absolute Gasteiger partial charge is 0.307 e. The van der Waals surface area contributed by atoms with Crippen LogP contribution >= 0.6 is 11.3 Å². The molecule has 3 rings (SSSR count). The summed E-state index contributed by atoms with van der Waals surface area (Å²) in [5.41, 5.74) is 1.99. The highest BCUT2D eigenvalue weighted by atomic mass is 32.1. The molecule has 2 amide bonds. The molecule has 1 aromatic heterocycles. The Kier molecular flexibility index (Phi) is 7.04. The lowest BCUT2D eigenvalue weighted by atomic mass is 9.94. The summed E-state index contributed by atoms with van der Waals surface area (Å²) < 4.78 is 4.80. The minimum Gasteiger partial charge on any atom is -0.469 e. The van der Waals surface area contributed by atoms with Gasteiger partial charge in [0.05, 0.1) is 24.4 Å². The first-order valence-corrected chi connectivity index (χ1v) is 10.6. The Balaban J connectivity index is 1.60. The molecule has 0 radical (unpaired) electrons. The van der Waals surface area contributed by atoms with Gasteiger partial charge in [-0.3, -0.25) is 14.4 Å². The van der Waals surface area contributed by atoms with Gasteiger partial charge in [0.2, 0.25) is 5.91 Å². The number of benzene rings is 1. The van der Waals surface area contributed by atoms with Gasteiger partial charge in [0.25, 0.3) is 5.91 Å². The Morgan fingerprint density at radius 2 is 1.86 bits per heavy atom. The molecule has 6 nitrogen and oxygen atoms in total. The minimum atomic E-state index is -0.429. The van der Waals surface area contributed by atoms with Crippen LogP contribution in [0.15, 0.2) is 41.8 Å². The van der Waals surface area contributed by atoms with Crippen LogP contribution in [0.3, 0.4) is 0 Å². The molecule has 0 bridgehead atoms. The molecule has 1 saturated heterocycles. The van der Waals surface area contributed by atoms with Crippen molar-refractivity contribution in [1.82, 2.24) is 10.2 Å². The molecule has 0 spiro atoms. The fraction of sp³-hybridized carbons (Fsp3) is 0.409. The Morgan fingerprint density at radius 1 is 1.17 bits per heavy atom. The number of carbonyl (C=O) groups is 3. The summed E-state index contributed by atoms with van der Waals surface area (Å²) in [6.07, 6.45) is 1.31. The molecule has 0 aliphatic carbocycles. The number of nitrogens with one attached hydrogen (secondary N) is 1. The van der Waals surface area contributed by atoms with Crippen LogP contribution in [-0.4, -0.2) is 42.9 Å². The summed E-state index contributed by atoms with van der Waals surface area (Å²) in [4.78, 5) is 39.7. The van der Waals surface area contributed by atoms with Gasteiger partial charge in [0.15, 0.2) is 0 Å². The van der Waals surface area contributed by atoms with E-state index in [1.165, 1.54) is 18.4 Å². The number of nitrogens with zero attached hydrogens (tertiary/aromatic N) is 1. The lowest BCUT2D eigenvalue weighted by molar-refractivity contribution is -0.141. The zero-order valence-electron chi connectivity index (χ0n) is 16.7. The first-order chi connectivity index (χ1) is 14.0. The largest absolute Gasteiger partial charge is 0.469 e. The summed E-state index contributed by atoms with van der Waals surface area (Å²) in [7, 11) is 1.34. The highest BCUT2D eigenvalue weighted by molar-refractivity contribution is 7.12. The van der Waals surface area contributed by atoms with E-state index < -0.39 is 6.04 Å². The molecule has 1 fully saturated rings. The first kappa shape index (κ1) is 21.0. The maximum atomic E-state index is 12.9. The van der Waals surface area contributed by atoms with Gasteiger partial charge in [-0.25, -0.2) is 0 Å². The van der Waals surface area contributed by atoms with Gasteiger partial charge < -0.3 is 15.0 Å². The Hall–Kier alpha value is -2.67. The molecular formula is C22H26N2O4S. The number of likely N-dealkylation sites (tertiary alicyclic amines) is 1. The fourth-order valence-corrected chi connectivity index (χ4v) is 4.18. The summed E-state index contributed by atoms with van der Waals surface area (Å²) >= 11 is 1.43. The van der Waals surface area contributed by atoms with E-state index in [9.17, 15) is 14.4 Å². The second-order valence-corrected chi connectivity index (χ2v) is 8.24. The predicted molar refractivity (Wildman–Crippen MR) is 112 cm³/mol. The maximum absolute atomic E-state index is 12.9. The topological polar surface area (TPSA) is 75.7 Å². The fourth-order valence-electron chi connectivity index (χ4n) is 3.49. The normalized spacial score (nSPS) is 15.6. The van der Waals surface area contributed by atoms with Gasteiger partial charge in [0.1, 0.15) is 0 Å². The van der Waals surface area contributed by atoms with Crippen LogP contribution in [0.5, 0.6) is 0 Å².